The van der Waals surface area contributed by atoms with E-state index in [1.807, 2.05) is 30.5 Å². The van der Waals surface area contributed by atoms with Gasteiger partial charge < -0.3 is 19.9 Å². The summed E-state index contributed by atoms with van der Waals surface area (Å²) in [5.74, 6) is 0.290. The van der Waals surface area contributed by atoms with Crippen molar-refractivity contribution in [2.24, 2.45) is 0 Å². The van der Waals surface area contributed by atoms with E-state index in [2.05, 4.69) is 25.1 Å². The lowest BCUT2D eigenvalue weighted by molar-refractivity contribution is 0.102. The Morgan fingerprint density at radius 1 is 0.962 bits per heavy atom. The number of morpholine rings is 1. The minimum absolute atomic E-state index is 0.249. The van der Waals surface area contributed by atoms with Gasteiger partial charge in [-0.3, -0.25) is 9.78 Å². The molecule has 4 heterocycles. The summed E-state index contributed by atoms with van der Waals surface area (Å²) in [7, 11) is 0. The van der Waals surface area contributed by atoms with Crippen molar-refractivity contribution in [1.29, 1.82) is 0 Å². The fraction of sp³-hybridized carbons (Fsp3) is 0.421. The number of carbonyl (C=O) groups excluding carboxylic acids is 1. The van der Waals surface area contributed by atoms with Crippen LogP contribution in [0.2, 0.25) is 0 Å². The molecule has 7 heteroatoms. The number of nitrogens with one attached hydrogen (secondary N) is 1. The summed E-state index contributed by atoms with van der Waals surface area (Å²) in [6.45, 7) is 5.21. The van der Waals surface area contributed by atoms with E-state index in [0.29, 0.717) is 24.7 Å². The molecule has 2 aliphatic heterocycles. The van der Waals surface area contributed by atoms with Crippen LogP contribution in [-0.2, 0) is 4.74 Å². The summed E-state index contributed by atoms with van der Waals surface area (Å²) in [6.07, 6.45) is 5.94. The monoisotopic (exact) mass is 353 g/mol. The van der Waals surface area contributed by atoms with Crippen LogP contribution in [0, 0.1) is 0 Å². The van der Waals surface area contributed by atoms with E-state index in [1.165, 1.54) is 12.8 Å². The standard InChI is InChI=1S/C19H23N5O2/c25-19(17-13-15(5-6-20-17)24-9-11-26-12-10-24)22-18-4-3-16(14-21-18)23-7-1-2-8-23/h3-6,13-14H,1-2,7-12H2,(H,21,22,25). The van der Waals surface area contributed by atoms with E-state index in [1.54, 1.807) is 6.20 Å². The number of ether oxygens (including phenoxy) is 1. The smallest absolute Gasteiger partial charge is 0.275 e. The summed E-state index contributed by atoms with van der Waals surface area (Å²) in [5, 5.41) is 2.83. The van der Waals surface area contributed by atoms with E-state index < -0.39 is 0 Å². The number of nitrogens with zero attached hydrogens (tertiary/aromatic N) is 4. The molecule has 26 heavy (non-hydrogen) atoms. The highest BCUT2D eigenvalue weighted by Gasteiger charge is 2.16. The molecule has 0 aromatic carbocycles. The van der Waals surface area contributed by atoms with Gasteiger partial charge in [0.2, 0.25) is 0 Å². The first-order valence-corrected chi connectivity index (χ1v) is 9.11. The van der Waals surface area contributed by atoms with Crippen LogP contribution >= 0.6 is 0 Å². The normalized spacial score (nSPS) is 17.4. The highest BCUT2D eigenvalue weighted by molar-refractivity contribution is 6.02. The average molecular weight is 353 g/mol. The Kier molecular flexibility index (Phi) is 4.97. The van der Waals surface area contributed by atoms with Crippen LogP contribution in [-0.4, -0.2) is 55.3 Å². The van der Waals surface area contributed by atoms with Gasteiger partial charge in [0.25, 0.3) is 5.91 Å². The Balaban J connectivity index is 1.42. The third-order valence-electron chi connectivity index (χ3n) is 4.81. The second-order valence-electron chi connectivity index (χ2n) is 6.55. The predicted octanol–water partition coefficient (Wildman–Crippen LogP) is 2.17. The zero-order valence-corrected chi connectivity index (χ0v) is 14.7. The quantitative estimate of drug-likeness (QED) is 0.908. The predicted molar refractivity (Wildman–Crippen MR) is 101 cm³/mol. The van der Waals surface area contributed by atoms with Crippen molar-refractivity contribution in [1.82, 2.24) is 9.97 Å². The first-order valence-electron chi connectivity index (χ1n) is 9.11. The Morgan fingerprint density at radius 3 is 2.46 bits per heavy atom. The minimum atomic E-state index is -0.249. The van der Waals surface area contributed by atoms with Crippen molar-refractivity contribution in [3.8, 4) is 0 Å². The molecule has 4 rings (SSSR count). The SMILES string of the molecule is O=C(Nc1ccc(N2CCCC2)cn1)c1cc(N2CCOCC2)ccn1. The van der Waals surface area contributed by atoms with Crippen molar-refractivity contribution in [2.45, 2.75) is 12.8 Å². The third kappa shape index (κ3) is 3.77. The zero-order chi connectivity index (χ0) is 17.8. The van der Waals surface area contributed by atoms with Crippen LogP contribution in [0.15, 0.2) is 36.7 Å². The first-order chi connectivity index (χ1) is 12.8. The molecular weight excluding hydrogens is 330 g/mol. The van der Waals surface area contributed by atoms with Crippen LogP contribution in [0.3, 0.4) is 0 Å². The Hall–Kier alpha value is -2.67. The molecule has 0 unspecified atom stereocenters. The minimum Gasteiger partial charge on any atom is -0.378 e. The molecule has 2 saturated heterocycles. The van der Waals surface area contributed by atoms with Crippen LogP contribution < -0.4 is 15.1 Å². The fourth-order valence-electron chi connectivity index (χ4n) is 3.36. The number of amides is 1. The second kappa shape index (κ2) is 7.70. The molecule has 136 valence electrons. The second-order valence-corrected chi connectivity index (χ2v) is 6.55. The number of aromatic nitrogens is 2. The zero-order valence-electron chi connectivity index (χ0n) is 14.7. The van der Waals surface area contributed by atoms with Crippen molar-refractivity contribution < 1.29 is 9.53 Å². The van der Waals surface area contributed by atoms with E-state index in [0.717, 1.165) is 37.6 Å². The molecule has 2 aromatic heterocycles. The summed E-state index contributed by atoms with van der Waals surface area (Å²) in [4.78, 5) is 25.6. The van der Waals surface area contributed by atoms with Gasteiger partial charge >= 0.3 is 0 Å². The Bertz CT molecular complexity index is 753. The van der Waals surface area contributed by atoms with E-state index in [-0.39, 0.29) is 5.91 Å². The third-order valence-corrected chi connectivity index (χ3v) is 4.81. The van der Waals surface area contributed by atoms with Gasteiger partial charge in [0.15, 0.2) is 0 Å². The van der Waals surface area contributed by atoms with E-state index in [4.69, 9.17) is 4.74 Å². The highest BCUT2D eigenvalue weighted by atomic mass is 16.5. The van der Waals surface area contributed by atoms with Gasteiger partial charge in [-0.15, -0.1) is 0 Å². The van der Waals surface area contributed by atoms with Crippen LogP contribution in [0.4, 0.5) is 17.2 Å². The maximum Gasteiger partial charge on any atom is 0.275 e. The molecule has 0 bridgehead atoms. The number of hydrogen-bond acceptors (Lipinski definition) is 6. The van der Waals surface area contributed by atoms with Crippen LogP contribution in [0.1, 0.15) is 23.3 Å². The summed E-state index contributed by atoms with van der Waals surface area (Å²) in [6, 6.07) is 7.59. The molecule has 1 amide bonds. The maximum absolute atomic E-state index is 12.5. The van der Waals surface area contributed by atoms with Crippen LogP contribution in [0.5, 0.6) is 0 Å². The number of pyridine rings is 2. The average Bonchev–Trinajstić information content (AvgIpc) is 3.24. The molecule has 0 saturated carbocycles. The van der Waals surface area contributed by atoms with Crippen LogP contribution in [0.25, 0.3) is 0 Å². The molecule has 2 fully saturated rings. The molecule has 2 aromatic rings. The number of rotatable bonds is 4. The van der Waals surface area contributed by atoms with Gasteiger partial charge in [-0.1, -0.05) is 0 Å². The van der Waals surface area contributed by atoms with Crippen molar-refractivity contribution in [2.75, 3.05) is 54.5 Å². The van der Waals surface area contributed by atoms with E-state index in [9.17, 15) is 4.79 Å². The first kappa shape index (κ1) is 16.8. The molecule has 0 radical (unpaired) electrons. The lowest BCUT2D eigenvalue weighted by atomic mass is 10.2. The summed E-state index contributed by atoms with van der Waals surface area (Å²) >= 11 is 0. The van der Waals surface area contributed by atoms with Gasteiger partial charge in [-0.05, 0) is 37.1 Å². The van der Waals surface area contributed by atoms with Crippen molar-refractivity contribution in [3.05, 3.63) is 42.4 Å². The fourth-order valence-corrected chi connectivity index (χ4v) is 3.36. The highest BCUT2D eigenvalue weighted by Crippen LogP contribution is 2.21. The topological polar surface area (TPSA) is 70.6 Å². The van der Waals surface area contributed by atoms with Gasteiger partial charge in [0, 0.05) is 38.1 Å². The largest absolute Gasteiger partial charge is 0.378 e. The van der Waals surface area contributed by atoms with Gasteiger partial charge in [0.05, 0.1) is 25.1 Å². The van der Waals surface area contributed by atoms with E-state index >= 15 is 0 Å². The molecule has 2 aliphatic rings. The van der Waals surface area contributed by atoms with Crippen molar-refractivity contribution >= 4 is 23.1 Å². The lowest BCUT2D eigenvalue weighted by Gasteiger charge is -2.28. The van der Waals surface area contributed by atoms with Gasteiger partial charge in [-0.2, -0.15) is 0 Å². The number of hydrogen-bond donors (Lipinski definition) is 1. The number of carbonyl (C=O) groups is 1. The molecule has 0 spiro atoms. The maximum atomic E-state index is 12.5. The Morgan fingerprint density at radius 2 is 1.73 bits per heavy atom. The van der Waals surface area contributed by atoms with Gasteiger partial charge in [-0.25, -0.2) is 4.98 Å². The summed E-state index contributed by atoms with van der Waals surface area (Å²) < 4.78 is 5.38. The molecule has 1 N–H and O–H groups in total. The van der Waals surface area contributed by atoms with Gasteiger partial charge in [0.1, 0.15) is 11.5 Å². The van der Waals surface area contributed by atoms with Crippen molar-refractivity contribution in [3.63, 3.8) is 0 Å². The molecule has 0 aliphatic carbocycles. The molecule has 7 nitrogen and oxygen atoms in total. The number of anilines is 3. The Labute approximate surface area is 153 Å². The molecule has 0 atom stereocenters. The summed E-state index contributed by atoms with van der Waals surface area (Å²) in [5.41, 5.74) is 2.48. The lowest BCUT2D eigenvalue weighted by Crippen LogP contribution is -2.36. The molecular formula is C19H23N5O2.